The highest BCUT2D eigenvalue weighted by Gasteiger charge is 2.42. The minimum Gasteiger partial charge on any atom is -0.478 e. The molecule has 3 rings (SSSR count). The van der Waals surface area contributed by atoms with Crippen LogP contribution in [-0.2, 0) is 12.4 Å². The third kappa shape index (κ3) is 5.63. The molecule has 34 heavy (non-hydrogen) atoms. The molecule has 178 valence electrons. The number of hydrogen-bond acceptors (Lipinski definition) is 3. The maximum absolute atomic E-state index is 13.7. The summed E-state index contributed by atoms with van der Waals surface area (Å²) in [6.45, 7) is 0. The molecule has 3 aromatic rings. The fraction of sp³-hybridized carbons (Fsp3) is 0.0909. The fourth-order valence-corrected chi connectivity index (χ4v) is 2.84. The Balaban J connectivity index is 2.13. The number of ether oxygens (including phenoxy) is 1. The summed E-state index contributed by atoms with van der Waals surface area (Å²) in [5, 5.41) is 11.0. The SMILES string of the molecule is O=C(O)c1ccc(NC(=O)c2c(Oc3ccc(F)cc3)cc(C(F)(F)F)cc2C(F)(F)F)cc1. The number of alkyl halides is 6. The van der Waals surface area contributed by atoms with E-state index in [1.54, 1.807) is 0 Å². The molecule has 0 aromatic heterocycles. The van der Waals surface area contributed by atoms with Crippen LogP contribution < -0.4 is 10.1 Å². The van der Waals surface area contributed by atoms with Gasteiger partial charge in [0.15, 0.2) is 0 Å². The van der Waals surface area contributed by atoms with Crippen molar-refractivity contribution < 1.29 is 50.2 Å². The van der Waals surface area contributed by atoms with E-state index in [0.29, 0.717) is 0 Å². The number of carboxylic acid groups (broad SMARTS) is 1. The predicted molar refractivity (Wildman–Crippen MR) is 104 cm³/mol. The van der Waals surface area contributed by atoms with Crippen LogP contribution in [0.2, 0.25) is 0 Å². The molecule has 0 atom stereocenters. The summed E-state index contributed by atoms with van der Waals surface area (Å²) in [7, 11) is 0. The molecule has 0 aliphatic heterocycles. The van der Waals surface area contributed by atoms with Crippen molar-refractivity contribution >= 4 is 17.6 Å². The Kier molecular flexibility index (Phi) is 6.53. The minimum absolute atomic E-state index is 0.129. The fourth-order valence-electron chi connectivity index (χ4n) is 2.84. The van der Waals surface area contributed by atoms with E-state index in [0.717, 1.165) is 48.5 Å². The maximum Gasteiger partial charge on any atom is 0.417 e. The number of anilines is 1. The number of carboxylic acids is 1. The summed E-state index contributed by atoms with van der Waals surface area (Å²) in [6, 6.07) is 7.91. The van der Waals surface area contributed by atoms with Crippen molar-refractivity contribution in [3.8, 4) is 11.5 Å². The second-order valence-corrected chi connectivity index (χ2v) is 6.79. The standard InChI is InChI=1S/C22H12F7NO4/c23-13-3-7-15(8-4-13)34-17-10-12(21(24,25)26)9-16(22(27,28)29)18(17)19(31)30-14-5-1-11(2-6-14)20(32)33/h1-10H,(H,30,31)(H,32,33). The molecule has 3 aromatic carbocycles. The van der Waals surface area contributed by atoms with Gasteiger partial charge in [0.25, 0.3) is 5.91 Å². The Morgan fingerprint density at radius 1 is 0.824 bits per heavy atom. The highest BCUT2D eigenvalue weighted by atomic mass is 19.4. The van der Waals surface area contributed by atoms with Gasteiger partial charge in [0.2, 0.25) is 0 Å². The van der Waals surface area contributed by atoms with Crippen LogP contribution in [0.25, 0.3) is 0 Å². The molecular formula is C22H12F7NO4. The van der Waals surface area contributed by atoms with Crippen molar-refractivity contribution in [1.29, 1.82) is 0 Å². The van der Waals surface area contributed by atoms with Crippen molar-refractivity contribution in [1.82, 2.24) is 0 Å². The Labute approximate surface area is 186 Å². The lowest BCUT2D eigenvalue weighted by atomic mass is 10.0. The largest absolute Gasteiger partial charge is 0.478 e. The smallest absolute Gasteiger partial charge is 0.417 e. The average Bonchev–Trinajstić information content (AvgIpc) is 2.74. The van der Waals surface area contributed by atoms with Crippen LogP contribution in [0.1, 0.15) is 31.8 Å². The summed E-state index contributed by atoms with van der Waals surface area (Å²) in [6.07, 6.45) is -10.6. The number of nitrogens with one attached hydrogen (secondary N) is 1. The molecule has 0 aliphatic carbocycles. The van der Waals surface area contributed by atoms with E-state index < -0.39 is 52.5 Å². The molecule has 0 unspecified atom stereocenters. The number of carbonyl (C=O) groups is 2. The first-order valence-corrected chi connectivity index (χ1v) is 9.16. The van der Waals surface area contributed by atoms with Gasteiger partial charge in [0.05, 0.1) is 22.3 Å². The predicted octanol–water partition coefficient (Wildman–Crippen LogP) is 6.61. The lowest BCUT2D eigenvalue weighted by Crippen LogP contribution is -2.21. The van der Waals surface area contributed by atoms with Gasteiger partial charge < -0.3 is 15.2 Å². The first-order valence-electron chi connectivity index (χ1n) is 9.16. The van der Waals surface area contributed by atoms with Crippen LogP contribution in [0, 0.1) is 5.82 Å². The van der Waals surface area contributed by atoms with Gasteiger partial charge in [0.1, 0.15) is 17.3 Å². The molecule has 0 saturated heterocycles. The topological polar surface area (TPSA) is 75.6 Å². The van der Waals surface area contributed by atoms with Gasteiger partial charge in [-0.15, -0.1) is 0 Å². The number of rotatable bonds is 5. The van der Waals surface area contributed by atoms with E-state index in [-0.39, 0.29) is 29.1 Å². The zero-order valence-electron chi connectivity index (χ0n) is 16.6. The lowest BCUT2D eigenvalue weighted by Gasteiger charge is -2.20. The molecule has 12 heteroatoms. The van der Waals surface area contributed by atoms with E-state index in [1.807, 2.05) is 0 Å². The van der Waals surface area contributed by atoms with Crippen LogP contribution in [0.4, 0.5) is 36.4 Å². The van der Waals surface area contributed by atoms with E-state index in [4.69, 9.17) is 9.84 Å². The van der Waals surface area contributed by atoms with Crippen molar-refractivity contribution in [3.63, 3.8) is 0 Å². The molecular weight excluding hydrogens is 475 g/mol. The second-order valence-electron chi connectivity index (χ2n) is 6.79. The summed E-state index contributed by atoms with van der Waals surface area (Å²) >= 11 is 0. The number of carbonyl (C=O) groups excluding carboxylic acids is 1. The van der Waals surface area contributed by atoms with Gasteiger partial charge in [-0.25, -0.2) is 9.18 Å². The zero-order valence-corrected chi connectivity index (χ0v) is 16.6. The lowest BCUT2D eigenvalue weighted by molar-refractivity contribution is -0.143. The van der Waals surface area contributed by atoms with Crippen molar-refractivity contribution in [2.24, 2.45) is 0 Å². The normalized spacial score (nSPS) is 11.7. The number of aromatic carboxylic acids is 1. The van der Waals surface area contributed by atoms with Crippen molar-refractivity contribution in [2.45, 2.75) is 12.4 Å². The summed E-state index contributed by atoms with van der Waals surface area (Å²) in [5.74, 6) is -4.91. The molecule has 0 spiro atoms. The highest BCUT2D eigenvalue weighted by molar-refractivity contribution is 6.07. The van der Waals surface area contributed by atoms with Crippen LogP contribution in [0.3, 0.4) is 0 Å². The molecule has 0 radical (unpaired) electrons. The van der Waals surface area contributed by atoms with E-state index >= 15 is 0 Å². The van der Waals surface area contributed by atoms with Gasteiger partial charge >= 0.3 is 18.3 Å². The highest BCUT2D eigenvalue weighted by Crippen LogP contribution is 2.43. The van der Waals surface area contributed by atoms with Crippen LogP contribution >= 0.6 is 0 Å². The first-order chi connectivity index (χ1) is 15.8. The van der Waals surface area contributed by atoms with Gasteiger partial charge in [-0.1, -0.05) is 0 Å². The van der Waals surface area contributed by atoms with E-state index in [1.165, 1.54) is 0 Å². The quantitative estimate of drug-likeness (QED) is 0.398. The zero-order chi connectivity index (χ0) is 25.3. The summed E-state index contributed by atoms with van der Waals surface area (Å²) in [4.78, 5) is 23.7. The molecule has 0 heterocycles. The van der Waals surface area contributed by atoms with Crippen LogP contribution in [0.5, 0.6) is 11.5 Å². The first kappa shape index (κ1) is 24.6. The van der Waals surface area contributed by atoms with Crippen LogP contribution in [0.15, 0.2) is 60.7 Å². The van der Waals surface area contributed by atoms with E-state index in [9.17, 15) is 40.3 Å². The molecule has 0 bridgehead atoms. The molecule has 1 amide bonds. The molecule has 2 N–H and O–H groups in total. The minimum atomic E-state index is -5.39. The van der Waals surface area contributed by atoms with Gasteiger partial charge in [-0.3, -0.25) is 4.79 Å². The summed E-state index contributed by atoms with van der Waals surface area (Å²) < 4.78 is 99.3. The number of halogens is 7. The molecule has 0 saturated carbocycles. The Morgan fingerprint density at radius 3 is 1.91 bits per heavy atom. The maximum atomic E-state index is 13.7. The third-order valence-electron chi connectivity index (χ3n) is 4.39. The van der Waals surface area contributed by atoms with Crippen molar-refractivity contribution in [3.05, 3.63) is 88.7 Å². The molecule has 0 aliphatic rings. The van der Waals surface area contributed by atoms with Gasteiger partial charge in [-0.2, -0.15) is 26.3 Å². The molecule has 0 fully saturated rings. The second kappa shape index (κ2) is 9.04. The average molecular weight is 487 g/mol. The number of benzene rings is 3. The number of amides is 1. The Hall–Kier alpha value is -4.09. The Bertz CT molecular complexity index is 1220. The third-order valence-corrected chi connectivity index (χ3v) is 4.39. The molecule has 5 nitrogen and oxygen atoms in total. The summed E-state index contributed by atoms with van der Waals surface area (Å²) in [5.41, 5.74) is -5.20. The Morgan fingerprint density at radius 2 is 1.41 bits per heavy atom. The monoisotopic (exact) mass is 487 g/mol. The van der Waals surface area contributed by atoms with E-state index in [2.05, 4.69) is 5.32 Å². The van der Waals surface area contributed by atoms with Crippen molar-refractivity contribution in [2.75, 3.05) is 5.32 Å². The number of hydrogen-bond donors (Lipinski definition) is 2. The van der Waals surface area contributed by atoms with Crippen LogP contribution in [-0.4, -0.2) is 17.0 Å². The van der Waals surface area contributed by atoms with Gasteiger partial charge in [0, 0.05) is 5.69 Å². The van der Waals surface area contributed by atoms with Gasteiger partial charge in [-0.05, 0) is 60.7 Å².